The molecule has 0 bridgehead atoms. The number of nitrogens with zero attached hydrogens (tertiary/aromatic N) is 1. The van der Waals surface area contributed by atoms with Crippen molar-refractivity contribution in [2.24, 2.45) is 5.92 Å². The first kappa shape index (κ1) is 19.0. The van der Waals surface area contributed by atoms with Crippen molar-refractivity contribution >= 4 is 17.7 Å². The van der Waals surface area contributed by atoms with E-state index in [9.17, 15) is 14.4 Å². The number of hydrogen-bond donors (Lipinski definition) is 2. The fraction of sp³-hybridized carbons (Fsp3) is 0.526. The first-order valence-electron chi connectivity index (χ1n) is 8.73. The van der Waals surface area contributed by atoms with Crippen LogP contribution in [0.15, 0.2) is 24.3 Å². The highest BCUT2D eigenvalue weighted by Crippen LogP contribution is 2.22. The van der Waals surface area contributed by atoms with Gasteiger partial charge in [-0.2, -0.15) is 0 Å². The summed E-state index contributed by atoms with van der Waals surface area (Å²) in [5.74, 6) is -0.119. The Morgan fingerprint density at radius 3 is 2.28 bits per heavy atom. The van der Waals surface area contributed by atoms with Gasteiger partial charge in [-0.25, -0.2) is 0 Å². The van der Waals surface area contributed by atoms with Crippen LogP contribution in [0.25, 0.3) is 0 Å². The predicted molar refractivity (Wildman–Crippen MR) is 95.7 cm³/mol. The van der Waals surface area contributed by atoms with Crippen LogP contribution < -0.4 is 10.6 Å². The molecule has 25 heavy (non-hydrogen) atoms. The summed E-state index contributed by atoms with van der Waals surface area (Å²) in [6.07, 6.45) is 1.59. The Labute approximate surface area is 149 Å². The molecule has 0 aromatic heterocycles. The van der Waals surface area contributed by atoms with Crippen molar-refractivity contribution in [2.75, 3.05) is 20.1 Å². The van der Waals surface area contributed by atoms with Crippen LogP contribution in [0.4, 0.5) is 0 Å². The third kappa shape index (κ3) is 5.31. The zero-order chi connectivity index (χ0) is 18.4. The third-order valence-electron chi connectivity index (χ3n) is 4.70. The number of nitrogens with one attached hydrogen (secondary N) is 2. The molecule has 1 heterocycles. The lowest BCUT2D eigenvalue weighted by atomic mass is 9.95. The first-order valence-corrected chi connectivity index (χ1v) is 8.73. The van der Waals surface area contributed by atoms with E-state index in [-0.39, 0.29) is 36.1 Å². The van der Waals surface area contributed by atoms with Crippen LogP contribution in [0.5, 0.6) is 0 Å². The van der Waals surface area contributed by atoms with Gasteiger partial charge in [0.15, 0.2) is 0 Å². The molecule has 1 saturated heterocycles. The lowest BCUT2D eigenvalue weighted by Gasteiger charge is -2.32. The van der Waals surface area contributed by atoms with Gasteiger partial charge in [-0.3, -0.25) is 14.4 Å². The minimum atomic E-state index is -0.331. The van der Waals surface area contributed by atoms with Gasteiger partial charge in [0.1, 0.15) is 0 Å². The number of likely N-dealkylation sites (tertiary alicyclic amines) is 1. The smallest absolute Gasteiger partial charge is 0.224 e. The monoisotopic (exact) mass is 345 g/mol. The van der Waals surface area contributed by atoms with Crippen molar-refractivity contribution in [1.29, 1.82) is 0 Å². The number of rotatable bonds is 5. The topological polar surface area (TPSA) is 78.5 Å². The molecule has 0 spiro atoms. The molecule has 3 amide bonds. The van der Waals surface area contributed by atoms with Crippen LogP contribution in [-0.2, 0) is 14.4 Å². The number of hydrogen-bond acceptors (Lipinski definition) is 3. The summed E-state index contributed by atoms with van der Waals surface area (Å²) < 4.78 is 0. The molecule has 0 radical (unpaired) electrons. The Kier molecular flexibility index (Phi) is 6.56. The van der Waals surface area contributed by atoms with Crippen molar-refractivity contribution in [3.05, 3.63) is 35.4 Å². The Hall–Kier alpha value is -2.37. The minimum Gasteiger partial charge on any atom is -0.359 e. The van der Waals surface area contributed by atoms with Crippen LogP contribution in [0.2, 0.25) is 0 Å². The quantitative estimate of drug-likeness (QED) is 0.850. The number of carbonyl (C=O) groups is 3. The van der Waals surface area contributed by atoms with E-state index >= 15 is 0 Å². The van der Waals surface area contributed by atoms with Crippen LogP contribution in [-0.4, -0.2) is 42.8 Å². The standard InChI is InChI=1S/C19H27N3O3/c1-13-4-6-15(7-5-13)17(21-14(2)23)12-18(24)22-10-8-16(9-11-22)19(25)20-3/h4-7,16-17H,8-12H2,1-3H3,(H,20,25)(H,21,23). The van der Waals surface area contributed by atoms with E-state index in [0.717, 1.165) is 11.1 Å². The predicted octanol–water partition coefficient (Wildman–Crippen LogP) is 1.55. The molecule has 2 rings (SSSR count). The van der Waals surface area contributed by atoms with Crippen LogP contribution >= 0.6 is 0 Å². The maximum absolute atomic E-state index is 12.7. The van der Waals surface area contributed by atoms with Crippen LogP contribution in [0, 0.1) is 12.8 Å². The summed E-state index contributed by atoms with van der Waals surface area (Å²) in [6, 6.07) is 7.51. The minimum absolute atomic E-state index is 0.00896. The van der Waals surface area contributed by atoms with Gasteiger partial charge in [-0.15, -0.1) is 0 Å². The fourth-order valence-corrected chi connectivity index (χ4v) is 3.20. The third-order valence-corrected chi connectivity index (χ3v) is 4.70. The maximum Gasteiger partial charge on any atom is 0.224 e. The van der Waals surface area contributed by atoms with Gasteiger partial charge in [-0.05, 0) is 25.3 Å². The highest BCUT2D eigenvalue weighted by molar-refractivity contribution is 5.81. The molecular formula is C19H27N3O3. The van der Waals surface area contributed by atoms with Crippen molar-refractivity contribution in [1.82, 2.24) is 15.5 Å². The van der Waals surface area contributed by atoms with E-state index in [1.54, 1.807) is 11.9 Å². The van der Waals surface area contributed by atoms with E-state index in [4.69, 9.17) is 0 Å². The molecule has 2 N–H and O–H groups in total. The van der Waals surface area contributed by atoms with Crippen LogP contribution in [0.3, 0.4) is 0 Å². The molecule has 1 aliphatic rings. The molecule has 1 atom stereocenters. The molecule has 1 unspecified atom stereocenters. The summed E-state index contributed by atoms with van der Waals surface area (Å²) in [7, 11) is 1.64. The zero-order valence-electron chi connectivity index (χ0n) is 15.2. The van der Waals surface area contributed by atoms with E-state index in [2.05, 4.69) is 10.6 Å². The van der Waals surface area contributed by atoms with Crippen molar-refractivity contribution < 1.29 is 14.4 Å². The second kappa shape index (κ2) is 8.65. The summed E-state index contributed by atoms with van der Waals surface area (Å²) >= 11 is 0. The molecule has 1 fully saturated rings. The van der Waals surface area contributed by atoms with Gasteiger partial charge in [0.05, 0.1) is 12.5 Å². The second-order valence-electron chi connectivity index (χ2n) is 6.64. The summed E-state index contributed by atoms with van der Waals surface area (Å²) in [5, 5.41) is 5.54. The van der Waals surface area contributed by atoms with Crippen LogP contribution in [0.1, 0.15) is 43.4 Å². The highest BCUT2D eigenvalue weighted by atomic mass is 16.2. The molecule has 0 saturated carbocycles. The number of amides is 3. The summed E-state index contributed by atoms with van der Waals surface area (Å²) in [5.41, 5.74) is 2.06. The molecule has 1 aliphatic heterocycles. The largest absolute Gasteiger partial charge is 0.359 e. The second-order valence-corrected chi connectivity index (χ2v) is 6.64. The summed E-state index contributed by atoms with van der Waals surface area (Å²) in [6.45, 7) is 4.62. The lowest BCUT2D eigenvalue weighted by Crippen LogP contribution is -2.43. The van der Waals surface area contributed by atoms with Gasteiger partial charge in [0, 0.05) is 33.0 Å². The van der Waals surface area contributed by atoms with E-state index in [0.29, 0.717) is 25.9 Å². The normalized spacial score (nSPS) is 16.2. The molecule has 1 aromatic carbocycles. The Morgan fingerprint density at radius 1 is 1.16 bits per heavy atom. The van der Waals surface area contributed by atoms with Gasteiger partial charge >= 0.3 is 0 Å². The van der Waals surface area contributed by atoms with Crippen molar-refractivity contribution in [3.63, 3.8) is 0 Å². The first-order chi connectivity index (χ1) is 11.9. The van der Waals surface area contributed by atoms with E-state index in [1.807, 2.05) is 31.2 Å². The average Bonchev–Trinajstić information content (AvgIpc) is 2.60. The molecule has 6 nitrogen and oxygen atoms in total. The Bertz CT molecular complexity index is 619. The fourth-order valence-electron chi connectivity index (χ4n) is 3.20. The average molecular weight is 345 g/mol. The SMILES string of the molecule is CNC(=O)C1CCN(C(=O)CC(NC(C)=O)c2ccc(C)cc2)CC1. The van der Waals surface area contributed by atoms with Gasteiger partial charge in [-0.1, -0.05) is 29.8 Å². The number of piperidine rings is 1. The maximum atomic E-state index is 12.7. The van der Waals surface area contributed by atoms with Gasteiger partial charge < -0.3 is 15.5 Å². The number of carbonyl (C=O) groups excluding carboxylic acids is 3. The Balaban J connectivity index is 1.99. The van der Waals surface area contributed by atoms with E-state index < -0.39 is 0 Å². The molecule has 1 aromatic rings. The summed E-state index contributed by atoms with van der Waals surface area (Å²) in [4.78, 5) is 37.7. The number of aryl methyl sites for hydroxylation is 1. The van der Waals surface area contributed by atoms with Gasteiger partial charge in [0.25, 0.3) is 0 Å². The van der Waals surface area contributed by atoms with Crippen molar-refractivity contribution in [3.8, 4) is 0 Å². The van der Waals surface area contributed by atoms with E-state index in [1.165, 1.54) is 6.92 Å². The highest BCUT2D eigenvalue weighted by Gasteiger charge is 2.28. The zero-order valence-corrected chi connectivity index (χ0v) is 15.2. The molecule has 6 heteroatoms. The van der Waals surface area contributed by atoms with Gasteiger partial charge in [0.2, 0.25) is 17.7 Å². The molecule has 136 valence electrons. The van der Waals surface area contributed by atoms with Crippen molar-refractivity contribution in [2.45, 2.75) is 39.2 Å². The molecular weight excluding hydrogens is 318 g/mol. The lowest BCUT2D eigenvalue weighted by molar-refractivity contribution is -0.136. The molecule has 0 aliphatic carbocycles. The number of benzene rings is 1. The Morgan fingerprint density at radius 2 is 1.76 bits per heavy atom.